The van der Waals surface area contributed by atoms with Crippen molar-refractivity contribution < 1.29 is 0 Å². The van der Waals surface area contributed by atoms with Crippen molar-refractivity contribution in [2.75, 3.05) is 6.54 Å². The Balaban J connectivity index is 2.04. The quantitative estimate of drug-likeness (QED) is 0.850. The van der Waals surface area contributed by atoms with Gasteiger partial charge in [0, 0.05) is 17.3 Å². The fraction of sp³-hybridized carbons (Fsp3) is 0.750. The molecule has 2 nitrogen and oxygen atoms in total. The highest BCUT2D eigenvalue weighted by Crippen LogP contribution is 2.22. The first-order valence-corrected chi connectivity index (χ1v) is 6.86. The Bertz CT molecular complexity index is 292. The molecular formula is C12H20N2S. The van der Waals surface area contributed by atoms with Crippen LogP contribution in [0.5, 0.6) is 0 Å². The van der Waals surface area contributed by atoms with Crippen LogP contribution in [-0.4, -0.2) is 17.6 Å². The van der Waals surface area contributed by atoms with Crippen LogP contribution in [0.15, 0.2) is 0 Å². The summed E-state index contributed by atoms with van der Waals surface area (Å²) in [6.07, 6.45) is 6.01. The van der Waals surface area contributed by atoms with Crippen molar-refractivity contribution >= 4 is 11.3 Å². The van der Waals surface area contributed by atoms with Gasteiger partial charge in [-0.3, -0.25) is 0 Å². The molecular weight excluding hydrogens is 204 g/mol. The van der Waals surface area contributed by atoms with Gasteiger partial charge in [0.05, 0.1) is 10.7 Å². The first kappa shape index (κ1) is 11.1. The summed E-state index contributed by atoms with van der Waals surface area (Å²) in [6, 6.07) is 0.686. The third kappa shape index (κ3) is 2.58. The van der Waals surface area contributed by atoms with Gasteiger partial charge in [-0.1, -0.05) is 13.8 Å². The van der Waals surface area contributed by atoms with Crippen molar-refractivity contribution in [3.63, 3.8) is 0 Å². The standard InChI is InChI=1S/C12H20N2S/c1-3-10-11(4-2)15-12(14-10)8-9-6-5-7-13-9/h9,13H,3-8H2,1-2H3. The van der Waals surface area contributed by atoms with Crippen LogP contribution in [0, 0.1) is 0 Å². The highest BCUT2D eigenvalue weighted by Gasteiger charge is 2.17. The fourth-order valence-corrected chi connectivity index (χ4v) is 3.40. The number of thiazole rings is 1. The van der Waals surface area contributed by atoms with Crippen molar-refractivity contribution in [3.05, 3.63) is 15.6 Å². The molecule has 0 radical (unpaired) electrons. The highest BCUT2D eigenvalue weighted by atomic mass is 32.1. The zero-order valence-electron chi connectivity index (χ0n) is 9.68. The van der Waals surface area contributed by atoms with E-state index in [0.717, 1.165) is 19.3 Å². The van der Waals surface area contributed by atoms with Gasteiger partial charge in [-0.15, -0.1) is 11.3 Å². The minimum atomic E-state index is 0.686. The van der Waals surface area contributed by atoms with E-state index >= 15 is 0 Å². The van der Waals surface area contributed by atoms with Crippen LogP contribution in [0.25, 0.3) is 0 Å². The normalized spacial score (nSPS) is 21.1. The lowest BCUT2D eigenvalue weighted by atomic mass is 10.2. The lowest BCUT2D eigenvalue weighted by Gasteiger charge is -2.06. The van der Waals surface area contributed by atoms with Crippen molar-refractivity contribution in [3.8, 4) is 0 Å². The summed E-state index contributed by atoms with van der Waals surface area (Å²) < 4.78 is 0. The molecule has 84 valence electrons. The van der Waals surface area contributed by atoms with E-state index in [2.05, 4.69) is 19.2 Å². The van der Waals surface area contributed by atoms with Crippen molar-refractivity contribution in [1.82, 2.24) is 10.3 Å². The molecule has 1 aromatic rings. The summed E-state index contributed by atoms with van der Waals surface area (Å²) in [6.45, 7) is 5.62. The molecule has 2 heterocycles. The Morgan fingerprint density at radius 2 is 2.27 bits per heavy atom. The van der Waals surface area contributed by atoms with E-state index < -0.39 is 0 Å². The second-order valence-electron chi connectivity index (χ2n) is 4.18. The summed E-state index contributed by atoms with van der Waals surface area (Å²) in [7, 11) is 0. The van der Waals surface area contributed by atoms with Crippen LogP contribution in [0.3, 0.4) is 0 Å². The molecule has 1 fully saturated rings. The number of aryl methyl sites for hydroxylation is 2. The number of nitrogens with one attached hydrogen (secondary N) is 1. The topological polar surface area (TPSA) is 24.9 Å². The molecule has 1 N–H and O–H groups in total. The Morgan fingerprint density at radius 3 is 2.80 bits per heavy atom. The number of hydrogen-bond donors (Lipinski definition) is 1. The van der Waals surface area contributed by atoms with E-state index in [1.165, 1.54) is 35.0 Å². The molecule has 0 saturated carbocycles. The third-order valence-electron chi connectivity index (χ3n) is 3.06. The maximum absolute atomic E-state index is 4.74. The zero-order valence-corrected chi connectivity index (χ0v) is 10.5. The maximum Gasteiger partial charge on any atom is 0.0946 e. The summed E-state index contributed by atoms with van der Waals surface area (Å²) in [4.78, 5) is 6.23. The molecule has 2 rings (SSSR count). The number of hydrogen-bond acceptors (Lipinski definition) is 3. The van der Waals surface area contributed by atoms with Gasteiger partial charge < -0.3 is 5.32 Å². The van der Waals surface area contributed by atoms with E-state index in [-0.39, 0.29) is 0 Å². The Morgan fingerprint density at radius 1 is 1.40 bits per heavy atom. The van der Waals surface area contributed by atoms with Gasteiger partial charge in [0.15, 0.2) is 0 Å². The highest BCUT2D eigenvalue weighted by molar-refractivity contribution is 7.11. The fourth-order valence-electron chi connectivity index (χ4n) is 2.22. The van der Waals surface area contributed by atoms with Crippen molar-refractivity contribution in [1.29, 1.82) is 0 Å². The SMILES string of the molecule is CCc1nc(CC2CCCN2)sc1CC. The maximum atomic E-state index is 4.74. The average molecular weight is 224 g/mol. The molecule has 0 spiro atoms. The molecule has 3 heteroatoms. The lowest BCUT2D eigenvalue weighted by molar-refractivity contribution is 0.600. The predicted octanol–water partition coefficient (Wildman–Crippen LogP) is 2.56. The van der Waals surface area contributed by atoms with E-state index in [4.69, 9.17) is 4.98 Å². The smallest absolute Gasteiger partial charge is 0.0946 e. The minimum absolute atomic E-state index is 0.686. The lowest BCUT2D eigenvalue weighted by Crippen LogP contribution is -2.23. The van der Waals surface area contributed by atoms with Crippen LogP contribution in [-0.2, 0) is 19.3 Å². The zero-order chi connectivity index (χ0) is 10.7. The van der Waals surface area contributed by atoms with Gasteiger partial charge in [0.2, 0.25) is 0 Å². The summed E-state index contributed by atoms with van der Waals surface area (Å²) in [5, 5.41) is 4.87. The molecule has 1 unspecified atom stereocenters. The number of aromatic nitrogens is 1. The van der Waals surface area contributed by atoms with Gasteiger partial charge in [0.1, 0.15) is 0 Å². The molecule has 1 atom stereocenters. The minimum Gasteiger partial charge on any atom is -0.314 e. The predicted molar refractivity (Wildman–Crippen MR) is 65.6 cm³/mol. The number of nitrogens with zero attached hydrogens (tertiary/aromatic N) is 1. The van der Waals surface area contributed by atoms with Gasteiger partial charge in [-0.2, -0.15) is 0 Å². The van der Waals surface area contributed by atoms with E-state index in [9.17, 15) is 0 Å². The summed E-state index contributed by atoms with van der Waals surface area (Å²) in [5.74, 6) is 0. The molecule has 0 amide bonds. The van der Waals surface area contributed by atoms with E-state index in [1.807, 2.05) is 11.3 Å². The van der Waals surface area contributed by atoms with E-state index in [0.29, 0.717) is 6.04 Å². The summed E-state index contributed by atoms with van der Waals surface area (Å²) >= 11 is 1.92. The van der Waals surface area contributed by atoms with Crippen LogP contribution < -0.4 is 5.32 Å². The molecule has 0 bridgehead atoms. The molecule has 1 aliphatic rings. The summed E-state index contributed by atoms with van der Waals surface area (Å²) in [5.41, 5.74) is 1.33. The third-order valence-corrected chi connectivity index (χ3v) is 4.33. The van der Waals surface area contributed by atoms with E-state index in [1.54, 1.807) is 0 Å². The van der Waals surface area contributed by atoms with Gasteiger partial charge in [-0.05, 0) is 32.2 Å². The van der Waals surface area contributed by atoms with Crippen LogP contribution >= 0.6 is 11.3 Å². The molecule has 0 aromatic carbocycles. The molecule has 1 aliphatic heterocycles. The first-order chi connectivity index (χ1) is 7.33. The van der Waals surface area contributed by atoms with Crippen LogP contribution in [0.2, 0.25) is 0 Å². The molecule has 1 aromatic heterocycles. The average Bonchev–Trinajstić information content (AvgIpc) is 2.87. The molecule has 0 aliphatic carbocycles. The largest absolute Gasteiger partial charge is 0.314 e. The molecule has 15 heavy (non-hydrogen) atoms. The van der Waals surface area contributed by atoms with Gasteiger partial charge >= 0.3 is 0 Å². The first-order valence-electron chi connectivity index (χ1n) is 6.04. The molecule has 1 saturated heterocycles. The second kappa shape index (κ2) is 5.08. The number of rotatable bonds is 4. The monoisotopic (exact) mass is 224 g/mol. The van der Waals surface area contributed by atoms with Gasteiger partial charge in [0.25, 0.3) is 0 Å². The van der Waals surface area contributed by atoms with Crippen molar-refractivity contribution in [2.45, 2.75) is 52.0 Å². The van der Waals surface area contributed by atoms with Gasteiger partial charge in [-0.25, -0.2) is 4.98 Å². The van der Waals surface area contributed by atoms with Crippen LogP contribution in [0.1, 0.15) is 42.3 Å². The Labute approximate surface area is 96.1 Å². The Hall–Kier alpha value is -0.410. The van der Waals surface area contributed by atoms with Crippen molar-refractivity contribution in [2.24, 2.45) is 0 Å². The Kier molecular flexibility index (Phi) is 3.76. The second-order valence-corrected chi connectivity index (χ2v) is 5.35. The van der Waals surface area contributed by atoms with Crippen LogP contribution in [0.4, 0.5) is 0 Å².